The van der Waals surface area contributed by atoms with Crippen LogP contribution in [0.3, 0.4) is 0 Å². The molecule has 1 rings (SSSR count). The molecule has 0 aromatic carbocycles. The lowest BCUT2D eigenvalue weighted by molar-refractivity contribution is 0.0926. The first-order valence-electron chi connectivity index (χ1n) is 5.66. The highest BCUT2D eigenvalue weighted by molar-refractivity contribution is 5.94. The highest BCUT2D eigenvalue weighted by Crippen LogP contribution is 2.01. The van der Waals surface area contributed by atoms with E-state index >= 15 is 0 Å². The molecule has 94 valence electrons. The molecule has 0 aliphatic heterocycles. The Morgan fingerprint density at radius 1 is 1.53 bits per heavy atom. The largest absolute Gasteiger partial charge is 0.364 e. The number of rotatable bonds is 4. The topological polar surface area (TPSA) is 88.0 Å². The van der Waals surface area contributed by atoms with Gasteiger partial charge in [-0.1, -0.05) is 13.8 Å². The van der Waals surface area contributed by atoms with E-state index in [0.717, 1.165) is 5.69 Å². The maximum absolute atomic E-state index is 11.9. The van der Waals surface area contributed by atoms with Crippen LogP contribution in [0.1, 0.15) is 29.9 Å². The molecule has 0 saturated carbocycles. The maximum Gasteiger partial charge on any atom is 0.257 e. The Morgan fingerprint density at radius 3 is 2.65 bits per heavy atom. The molecule has 1 unspecified atom stereocenters. The third-order valence-corrected chi connectivity index (χ3v) is 2.68. The molecule has 4 N–H and O–H groups in total. The maximum atomic E-state index is 11.9. The smallest absolute Gasteiger partial charge is 0.257 e. The monoisotopic (exact) mass is 237 g/mol. The number of carbonyl (C=O) groups is 1. The van der Waals surface area contributed by atoms with Crippen molar-refractivity contribution in [2.24, 2.45) is 11.7 Å². The van der Waals surface area contributed by atoms with E-state index in [1.54, 1.807) is 6.92 Å². The van der Waals surface area contributed by atoms with Crippen LogP contribution < -0.4 is 16.5 Å². The van der Waals surface area contributed by atoms with Gasteiger partial charge in [-0.05, 0) is 12.8 Å². The van der Waals surface area contributed by atoms with Gasteiger partial charge in [-0.3, -0.25) is 9.59 Å². The van der Waals surface area contributed by atoms with Crippen molar-refractivity contribution in [1.29, 1.82) is 0 Å². The molecule has 5 nitrogen and oxygen atoms in total. The van der Waals surface area contributed by atoms with E-state index in [-0.39, 0.29) is 28.9 Å². The Balaban J connectivity index is 2.86. The van der Waals surface area contributed by atoms with Gasteiger partial charge in [-0.25, -0.2) is 0 Å². The summed E-state index contributed by atoms with van der Waals surface area (Å²) >= 11 is 0. The molecule has 17 heavy (non-hydrogen) atoms. The summed E-state index contributed by atoms with van der Waals surface area (Å²) in [4.78, 5) is 26.3. The minimum Gasteiger partial charge on any atom is -0.364 e. The van der Waals surface area contributed by atoms with E-state index in [9.17, 15) is 9.59 Å². The predicted octanol–water partition coefficient (Wildman–Crippen LogP) is 0.396. The van der Waals surface area contributed by atoms with Gasteiger partial charge in [-0.15, -0.1) is 0 Å². The lowest BCUT2D eigenvalue weighted by atomic mass is 10.0. The number of amides is 1. The van der Waals surface area contributed by atoms with Crippen LogP contribution in [-0.2, 0) is 0 Å². The van der Waals surface area contributed by atoms with Crippen LogP contribution in [0.15, 0.2) is 17.1 Å². The number of nitrogens with one attached hydrogen (secondary N) is 2. The zero-order valence-electron chi connectivity index (χ0n) is 10.4. The molecule has 1 heterocycles. The zero-order valence-corrected chi connectivity index (χ0v) is 10.4. The molecule has 0 aliphatic rings. The normalized spacial score (nSPS) is 12.5. The van der Waals surface area contributed by atoms with E-state index in [2.05, 4.69) is 10.3 Å². The first-order valence-corrected chi connectivity index (χ1v) is 5.66. The molecule has 1 atom stereocenters. The van der Waals surface area contributed by atoms with Crippen molar-refractivity contribution in [1.82, 2.24) is 10.3 Å². The lowest BCUT2D eigenvalue weighted by Crippen LogP contribution is -2.44. The van der Waals surface area contributed by atoms with E-state index in [1.165, 1.54) is 12.3 Å². The summed E-state index contributed by atoms with van der Waals surface area (Å²) in [6.07, 6.45) is 1.43. The van der Waals surface area contributed by atoms with Gasteiger partial charge in [0.25, 0.3) is 5.91 Å². The Hall–Kier alpha value is -1.62. The van der Waals surface area contributed by atoms with E-state index in [0.29, 0.717) is 6.54 Å². The summed E-state index contributed by atoms with van der Waals surface area (Å²) in [7, 11) is 0. The molecule has 0 spiro atoms. The van der Waals surface area contributed by atoms with Gasteiger partial charge in [0.2, 0.25) is 0 Å². The molecule has 1 amide bonds. The van der Waals surface area contributed by atoms with E-state index in [1.807, 2.05) is 13.8 Å². The number of aromatic nitrogens is 1. The first-order chi connectivity index (χ1) is 7.95. The summed E-state index contributed by atoms with van der Waals surface area (Å²) in [5, 5.41) is 2.76. The molecule has 5 heteroatoms. The third kappa shape index (κ3) is 3.42. The molecule has 0 bridgehead atoms. The predicted molar refractivity (Wildman–Crippen MR) is 66.9 cm³/mol. The Labute approximate surface area is 100 Å². The van der Waals surface area contributed by atoms with Crippen LogP contribution in [0, 0.1) is 12.8 Å². The highest BCUT2D eigenvalue weighted by Gasteiger charge is 2.17. The average Bonchev–Trinajstić information content (AvgIpc) is 2.24. The van der Waals surface area contributed by atoms with Gasteiger partial charge in [0.1, 0.15) is 5.56 Å². The number of aromatic amines is 1. The SMILES string of the molecule is Cc1cc(=O)c(C(=O)NC(CN)C(C)C)c[nH]1. The fourth-order valence-corrected chi connectivity index (χ4v) is 1.49. The van der Waals surface area contributed by atoms with Crippen molar-refractivity contribution in [3.63, 3.8) is 0 Å². The van der Waals surface area contributed by atoms with E-state index < -0.39 is 0 Å². The molecular formula is C12H19N3O2. The molecule has 1 aromatic rings. The summed E-state index contributed by atoms with van der Waals surface area (Å²) in [6.45, 7) is 6.06. The summed E-state index contributed by atoms with van der Waals surface area (Å²) < 4.78 is 0. The highest BCUT2D eigenvalue weighted by atomic mass is 16.2. The van der Waals surface area contributed by atoms with Crippen molar-refractivity contribution in [3.05, 3.63) is 33.7 Å². The lowest BCUT2D eigenvalue weighted by Gasteiger charge is -2.20. The number of aryl methyl sites for hydroxylation is 1. The van der Waals surface area contributed by atoms with Gasteiger partial charge in [-0.2, -0.15) is 0 Å². The summed E-state index contributed by atoms with van der Waals surface area (Å²) in [6, 6.07) is 1.28. The minimum absolute atomic E-state index is 0.120. The fourth-order valence-electron chi connectivity index (χ4n) is 1.49. The Kier molecular flexibility index (Phi) is 4.45. The van der Waals surface area contributed by atoms with Crippen molar-refractivity contribution >= 4 is 5.91 Å². The van der Waals surface area contributed by atoms with Crippen molar-refractivity contribution < 1.29 is 4.79 Å². The molecule has 1 aromatic heterocycles. The van der Waals surface area contributed by atoms with Gasteiger partial charge >= 0.3 is 0 Å². The third-order valence-electron chi connectivity index (χ3n) is 2.68. The summed E-state index contributed by atoms with van der Waals surface area (Å²) in [5.74, 6) is -0.149. The fraction of sp³-hybridized carbons (Fsp3) is 0.500. The second-order valence-corrected chi connectivity index (χ2v) is 4.45. The summed E-state index contributed by atoms with van der Waals surface area (Å²) in [5.41, 5.74) is 6.13. The van der Waals surface area contributed by atoms with Gasteiger partial charge in [0.05, 0.1) is 0 Å². The average molecular weight is 237 g/mol. The molecule has 0 saturated heterocycles. The number of nitrogens with two attached hydrogens (primary N) is 1. The number of pyridine rings is 1. The molecule has 0 fully saturated rings. The number of hydrogen-bond acceptors (Lipinski definition) is 3. The molecule has 0 aliphatic carbocycles. The zero-order chi connectivity index (χ0) is 13.0. The van der Waals surface area contributed by atoms with Crippen LogP contribution in [0.25, 0.3) is 0 Å². The van der Waals surface area contributed by atoms with Gasteiger partial charge in [0, 0.05) is 30.5 Å². The van der Waals surface area contributed by atoms with Gasteiger partial charge < -0.3 is 16.0 Å². The molecular weight excluding hydrogens is 218 g/mol. The second-order valence-electron chi connectivity index (χ2n) is 4.45. The van der Waals surface area contributed by atoms with Crippen LogP contribution in [0.4, 0.5) is 0 Å². The van der Waals surface area contributed by atoms with E-state index in [4.69, 9.17) is 5.73 Å². The first kappa shape index (κ1) is 13.4. The quantitative estimate of drug-likeness (QED) is 0.708. The van der Waals surface area contributed by atoms with Crippen molar-refractivity contribution in [2.45, 2.75) is 26.8 Å². The van der Waals surface area contributed by atoms with Crippen molar-refractivity contribution in [3.8, 4) is 0 Å². The molecule has 0 radical (unpaired) electrons. The van der Waals surface area contributed by atoms with Gasteiger partial charge in [0.15, 0.2) is 5.43 Å². The van der Waals surface area contributed by atoms with Crippen LogP contribution >= 0.6 is 0 Å². The Morgan fingerprint density at radius 2 is 2.18 bits per heavy atom. The Bertz CT molecular complexity index is 451. The standard InChI is InChI=1S/C12H19N3O2/c1-7(2)10(5-13)15-12(17)9-6-14-8(3)4-11(9)16/h4,6-7,10H,5,13H2,1-3H3,(H,14,16)(H,15,17). The number of H-pyrrole nitrogens is 1. The number of hydrogen-bond donors (Lipinski definition) is 3. The minimum atomic E-state index is -0.379. The number of carbonyl (C=O) groups excluding carboxylic acids is 1. The van der Waals surface area contributed by atoms with Crippen LogP contribution in [0.5, 0.6) is 0 Å². The van der Waals surface area contributed by atoms with Crippen molar-refractivity contribution in [2.75, 3.05) is 6.54 Å². The van der Waals surface area contributed by atoms with Crippen LogP contribution in [0.2, 0.25) is 0 Å². The van der Waals surface area contributed by atoms with Crippen LogP contribution in [-0.4, -0.2) is 23.5 Å². The second kappa shape index (κ2) is 5.63.